The molecule has 1 aromatic rings. The average Bonchev–Trinajstić information content (AvgIpc) is 2.50. The maximum atomic E-state index is 11.7. The molecule has 92 valence electrons. The molecule has 1 heterocycles. The zero-order valence-corrected chi connectivity index (χ0v) is 9.93. The fourth-order valence-electron chi connectivity index (χ4n) is 1.96. The summed E-state index contributed by atoms with van der Waals surface area (Å²) in [5.41, 5.74) is 0.917. The topological polar surface area (TPSA) is 74.7 Å². The number of aliphatic hydroxyl groups is 1. The first-order valence-electron chi connectivity index (χ1n) is 5.23. The van der Waals surface area contributed by atoms with Gasteiger partial charge in [-0.3, -0.25) is 4.79 Å². The van der Waals surface area contributed by atoms with Gasteiger partial charge in [-0.15, -0.1) is 0 Å². The third kappa shape index (κ3) is 2.32. The van der Waals surface area contributed by atoms with Gasteiger partial charge >= 0.3 is 0 Å². The third-order valence-electron chi connectivity index (χ3n) is 2.80. The SMILES string of the molecule is O=C1C(Cc2ccccc2)CS(=O)(=O)N1CO. The summed E-state index contributed by atoms with van der Waals surface area (Å²) in [4.78, 5) is 11.7. The van der Waals surface area contributed by atoms with Crippen LogP contribution in [0.5, 0.6) is 0 Å². The zero-order chi connectivity index (χ0) is 12.5. The predicted octanol–water partition coefficient (Wildman–Crippen LogP) is -0.0329. The minimum atomic E-state index is -3.62. The molecular formula is C11H13NO4S. The summed E-state index contributed by atoms with van der Waals surface area (Å²) in [6, 6.07) is 9.24. The van der Waals surface area contributed by atoms with Crippen molar-refractivity contribution in [3.8, 4) is 0 Å². The lowest BCUT2D eigenvalue weighted by Gasteiger charge is -2.11. The Morgan fingerprint density at radius 3 is 2.47 bits per heavy atom. The minimum absolute atomic E-state index is 0.221. The van der Waals surface area contributed by atoms with Crippen molar-refractivity contribution >= 4 is 15.9 Å². The van der Waals surface area contributed by atoms with Crippen LogP contribution in [0.1, 0.15) is 5.56 Å². The van der Waals surface area contributed by atoms with Gasteiger partial charge in [-0.2, -0.15) is 0 Å². The number of rotatable bonds is 3. The van der Waals surface area contributed by atoms with Crippen LogP contribution in [0, 0.1) is 5.92 Å². The van der Waals surface area contributed by atoms with E-state index in [4.69, 9.17) is 5.11 Å². The number of amides is 1. The number of benzene rings is 1. The van der Waals surface area contributed by atoms with E-state index in [1.165, 1.54) is 0 Å². The van der Waals surface area contributed by atoms with Crippen LogP contribution in [0.4, 0.5) is 0 Å². The van der Waals surface area contributed by atoms with Crippen LogP contribution in [0.25, 0.3) is 0 Å². The maximum absolute atomic E-state index is 11.7. The lowest BCUT2D eigenvalue weighted by atomic mass is 10.0. The first-order valence-corrected chi connectivity index (χ1v) is 6.84. The fourth-order valence-corrected chi connectivity index (χ4v) is 3.51. The minimum Gasteiger partial charge on any atom is -0.375 e. The maximum Gasteiger partial charge on any atom is 0.242 e. The third-order valence-corrected chi connectivity index (χ3v) is 4.59. The quantitative estimate of drug-likeness (QED) is 0.823. The van der Waals surface area contributed by atoms with E-state index in [-0.39, 0.29) is 5.75 Å². The van der Waals surface area contributed by atoms with Gasteiger partial charge in [0, 0.05) is 0 Å². The molecule has 1 unspecified atom stereocenters. The lowest BCUT2D eigenvalue weighted by molar-refractivity contribution is -0.130. The van der Waals surface area contributed by atoms with Gasteiger partial charge in [0.05, 0.1) is 11.7 Å². The predicted molar refractivity (Wildman–Crippen MR) is 61.4 cm³/mol. The number of carbonyl (C=O) groups excluding carboxylic acids is 1. The Kier molecular flexibility index (Phi) is 3.17. The number of aliphatic hydroxyl groups excluding tert-OH is 1. The highest BCUT2D eigenvalue weighted by molar-refractivity contribution is 7.90. The van der Waals surface area contributed by atoms with E-state index in [2.05, 4.69) is 0 Å². The second-order valence-corrected chi connectivity index (χ2v) is 5.93. The zero-order valence-electron chi connectivity index (χ0n) is 9.11. The highest BCUT2D eigenvalue weighted by Crippen LogP contribution is 2.23. The van der Waals surface area contributed by atoms with E-state index in [1.54, 1.807) is 0 Å². The molecule has 1 fully saturated rings. The lowest BCUT2D eigenvalue weighted by Crippen LogP contribution is -2.31. The Labute approximate surface area is 99.7 Å². The van der Waals surface area contributed by atoms with Crippen LogP contribution < -0.4 is 0 Å². The number of hydrogen-bond acceptors (Lipinski definition) is 4. The summed E-state index contributed by atoms with van der Waals surface area (Å²) in [6.07, 6.45) is 0.384. The Morgan fingerprint density at radius 2 is 1.94 bits per heavy atom. The normalized spacial score (nSPS) is 23.0. The largest absolute Gasteiger partial charge is 0.375 e. The summed E-state index contributed by atoms with van der Waals surface area (Å²) in [7, 11) is -3.62. The molecule has 0 aromatic heterocycles. The monoisotopic (exact) mass is 255 g/mol. The van der Waals surface area contributed by atoms with Gasteiger partial charge in [0.2, 0.25) is 15.9 Å². The van der Waals surface area contributed by atoms with E-state index in [0.29, 0.717) is 10.7 Å². The molecule has 1 aliphatic rings. The average molecular weight is 255 g/mol. The van der Waals surface area contributed by atoms with Gasteiger partial charge in [0.25, 0.3) is 0 Å². The van der Waals surface area contributed by atoms with Gasteiger partial charge in [-0.25, -0.2) is 12.7 Å². The van der Waals surface area contributed by atoms with Crippen molar-refractivity contribution in [3.05, 3.63) is 35.9 Å². The number of hydrogen-bond donors (Lipinski definition) is 1. The molecule has 1 amide bonds. The summed E-state index contributed by atoms with van der Waals surface area (Å²) in [5.74, 6) is -1.33. The Morgan fingerprint density at radius 1 is 1.29 bits per heavy atom. The summed E-state index contributed by atoms with van der Waals surface area (Å²) in [5, 5.41) is 8.88. The molecule has 0 aliphatic carbocycles. The summed E-state index contributed by atoms with van der Waals surface area (Å²) < 4.78 is 23.6. The van der Waals surface area contributed by atoms with Crippen molar-refractivity contribution in [2.24, 2.45) is 5.92 Å². The van der Waals surface area contributed by atoms with Crippen molar-refractivity contribution in [1.29, 1.82) is 0 Å². The van der Waals surface area contributed by atoms with Crippen molar-refractivity contribution in [1.82, 2.24) is 4.31 Å². The number of nitrogens with zero attached hydrogens (tertiary/aromatic N) is 1. The Bertz CT molecular complexity index is 512. The van der Waals surface area contributed by atoms with Crippen LogP contribution in [0.15, 0.2) is 30.3 Å². The molecule has 1 N–H and O–H groups in total. The molecular weight excluding hydrogens is 242 g/mol. The molecule has 0 spiro atoms. The van der Waals surface area contributed by atoms with E-state index in [9.17, 15) is 13.2 Å². The van der Waals surface area contributed by atoms with Gasteiger partial charge in [0.1, 0.15) is 6.73 Å². The van der Waals surface area contributed by atoms with E-state index < -0.39 is 28.6 Å². The molecule has 1 aliphatic heterocycles. The second-order valence-electron chi connectivity index (χ2n) is 3.99. The van der Waals surface area contributed by atoms with Crippen molar-refractivity contribution < 1.29 is 18.3 Å². The molecule has 17 heavy (non-hydrogen) atoms. The van der Waals surface area contributed by atoms with E-state index >= 15 is 0 Å². The molecule has 0 radical (unpaired) electrons. The molecule has 1 saturated heterocycles. The first kappa shape index (κ1) is 12.1. The highest BCUT2D eigenvalue weighted by Gasteiger charge is 2.42. The smallest absolute Gasteiger partial charge is 0.242 e. The Hall–Kier alpha value is -1.40. The first-order chi connectivity index (χ1) is 8.04. The standard InChI is InChI=1S/C11H13NO4S/c13-8-12-11(14)10(7-17(12,15)16)6-9-4-2-1-3-5-9/h1-5,10,13H,6-8H2. The molecule has 2 rings (SSSR count). The van der Waals surface area contributed by atoms with Crippen molar-refractivity contribution in [2.75, 3.05) is 12.5 Å². The van der Waals surface area contributed by atoms with Crippen LogP contribution in [-0.4, -0.2) is 36.2 Å². The second kappa shape index (κ2) is 4.46. The van der Waals surface area contributed by atoms with Crippen LogP contribution in [0.2, 0.25) is 0 Å². The molecule has 6 heteroatoms. The Balaban J connectivity index is 2.18. The number of sulfonamides is 1. The summed E-state index contributed by atoms with van der Waals surface area (Å²) >= 11 is 0. The fraction of sp³-hybridized carbons (Fsp3) is 0.364. The summed E-state index contributed by atoms with van der Waals surface area (Å²) in [6.45, 7) is -0.771. The van der Waals surface area contributed by atoms with E-state index in [1.807, 2.05) is 30.3 Å². The van der Waals surface area contributed by atoms with Gasteiger partial charge < -0.3 is 5.11 Å². The molecule has 1 atom stereocenters. The molecule has 0 saturated carbocycles. The van der Waals surface area contributed by atoms with Crippen molar-refractivity contribution in [2.45, 2.75) is 6.42 Å². The number of carbonyl (C=O) groups is 1. The molecule has 1 aromatic carbocycles. The van der Waals surface area contributed by atoms with Crippen LogP contribution in [-0.2, 0) is 21.2 Å². The molecule has 0 bridgehead atoms. The van der Waals surface area contributed by atoms with Crippen LogP contribution in [0.3, 0.4) is 0 Å². The van der Waals surface area contributed by atoms with E-state index in [0.717, 1.165) is 5.56 Å². The van der Waals surface area contributed by atoms with Gasteiger partial charge in [-0.1, -0.05) is 30.3 Å². The highest BCUT2D eigenvalue weighted by atomic mass is 32.2. The van der Waals surface area contributed by atoms with Crippen LogP contribution >= 0.6 is 0 Å². The molecule has 5 nitrogen and oxygen atoms in total. The van der Waals surface area contributed by atoms with Gasteiger partial charge in [-0.05, 0) is 12.0 Å². The van der Waals surface area contributed by atoms with Gasteiger partial charge in [0.15, 0.2) is 0 Å². The van der Waals surface area contributed by atoms with Crippen molar-refractivity contribution in [3.63, 3.8) is 0 Å².